The Kier molecular flexibility index (Phi) is 11.2. The maximum Gasteiger partial charge on any atom is 0.335 e. The average Bonchev–Trinajstić information content (AvgIpc) is 2.95. The molecule has 3 aromatic rings. The van der Waals surface area contributed by atoms with Gasteiger partial charge in [0.15, 0.2) is 17.7 Å². The molecule has 2 atom stereocenters. The SMILES string of the molecule is CCOC(=O)[C@H](O)CC(=C=CC[C@@H](O)c1ccc(O)c(F)c1)CO[Si](c1ccccc1)(c1ccccc1)C(C)(C)C. The summed E-state index contributed by atoms with van der Waals surface area (Å²) in [7, 11) is -2.92. The predicted molar refractivity (Wildman–Crippen MR) is 160 cm³/mol. The summed E-state index contributed by atoms with van der Waals surface area (Å²) < 4.78 is 25.7. The second-order valence-corrected chi connectivity index (χ2v) is 15.1. The van der Waals surface area contributed by atoms with E-state index >= 15 is 0 Å². The lowest BCUT2D eigenvalue weighted by Crippen LogP contribution is -2.66. The Balaban J connectivity index is 1.99. The van der Waals surface area contributed by atoms with Crippen molar-refractivity contribution in [3.8, 4) is 5.75 Å². The van der Waals surface area contributed by atoms with Crippen molar-refractivity contribution in [2.75, 3.05) is 13.2 Å². The molecule has 0 bridgehead atoms. The van der Waals surface area contributed by atoms with E-state index in [9.17, 15) is 24.5 Å². The number of carbonyl (C=O) groups excluding carboxylic acids is 1. The van der Waals surface area contributed by atoms with Crippen molar-refractivity contribution in [1.82, 2.24) is 0 Å². The molecule has 218 valence electrons. The number of aliphatic hydroxyl groups excluding tert-OH is 2. The molecule has 8 heteroatoms. The van der Waals surface area contributed by atoms with Crippen LogP contribution in [-0.2, 0) is 14.0 Å². The molecule has 0 saturated heterocycles. The lowest BCUT2D eigenvalue weighted by Gasteiger charge is -2.43. The zero-order valence-corrected chi connectivity index (χ0v) is 25.0. The van der Waals surface area contributed by atoms with Gasteiger partial charge in [0, 0.05) is 12.8 Å². The quantitative estimate of drug-likeness (QED) is 0.160. The molecule has 3 rings (SSSR count). The predicted octanol–water partition coefficient (Wildman–Crippen LogP) is 4.93. The summed E-state index contributed by atoms with van der Waals surface area (Å²) in [5, 5.41) is 32.5. The van der Waals surface area contributed by atoms with Crippen LogP contribution in [0.4, 0.5) is 4.39 Å². The highest BCUT2D eigenvalue weighted by molar-refractivity contribution is 6.99. The van der Waals surface area contributed by atoms with Crippen molar-refractivity contribution in [2.45, 2.75) is 57.8 Å². The van der Waals surface area contributed by atoms with Gasteiger partial charge in [-0.15, -0.1) is 5.73 Å². The van der Waals surface area contributed by atoms with E-state index in [0.717, 1.165) is 16.4 Å². The number of halogens is 1. The summed E-state index contributed by atoms with van der Waals surface area (Å²) in [6, 6.07) is 23.9. The number of aromatic hydroxyl groups is 1. The summed E-state index contributed by atoms with van der Waals surface area (Å²) in [4.78, 5) is 12.3. The summed E-state index contributed by atoms with van der Waals surface area (Å²) in [6.45, 7) is 8.33. The van der Waals surface area contributed by atoms with Gasteiger partial charge >= 0.3 is 5.97 Å². The molecule has 0 aliphatic heterocycles. The van der Waals surface area contributed by atoms with E-state index in [1.807, 2.05) is 36.4 Å². The minimum absolute atomic E-state index is 0.0720. The van der Waals surface area contributed by atoms with Crippen LogP contribution in [0.2, 0.25) is 5.04 Å². The Morgan fingerprint density at radius 2 is 1.59 bits per heavy atom. The first kappa shape index (κ1) is 32.0. The van der Waals surface area contributed by atoms with Crippen LogP contribution in [0.5, 0.6) is 5.75 Å². The molecule has 3 N–H and O–H groups in total. The molecular formula is C33H39FO6Si. The topological polar surface area (TPSA) is 96.2 Å². The van der Waals surface area contributed by atoms with Gasteiger partial charge in [-0.2, -0.15) is 0 Å². The van der Waals surface area contributed by atoms with Gasteiger partial charge in [-0.05, 0) is 51.7 Å². The Morgan fingerprint density at radius 1 is 1.00 bits per heavy atom. The molecule has 0 aliphatic rings. The third-order valence-corrected chi connectivity index (χ3v) is 11.9. The maximum atomic E-state index is 13.8. The fourth-order valence-electron chi connectivity index (χ4n) is 4.85. The Hall–Kier alpha value is -3.52. The fourth-order valence-corrected chi connectivity index (χ4v) is 9.40. The number of phenolic OH excluding ortho intramolecular Hbond substituents is 1. The van der Waals surface area contributed by atoms with Crippen LogP contribution in [0.1, 0.15) is 52.2 Å². The number of benzene rings is 3. The van der Waals surface area contributed by atoms with Crippen LogP contribution in [0, 0.1) is 5.82 Å². The van der Waals surface area contributed by atoms with Gasteiger partial charge in [-0.25, -0.2) is 9.18 Å². The molecule has 0 unspecified atom stereocenters. The third-order valence-electron chi connectivity index (χ3n) is 6.88. The van der Waals surface area contributed by atoms with E-state index in [4.69, 9.17) is 9.16 Å². The molecular weight excluding hydrogens is 539 g/mol. The largest absolute Gasteiger partial charge is 0.505 e. The number of esters is 1. The van der Waals surface area contributed by atoms with Crippen LogP contribution in [0.15, 0.2) is 96.2 Å². The highest BCUT2D eigenvalue weighted by Gasteiger charge is 2.50. The van der Waals surface area contributed by atoms with E-state index in [1.165, 1.54) is 12.1 Å². The molecule has 0 radical (unpaired) electrons. The van der Waals surface area contributed by atoms with E-state index in [2.05, 4.69) is 50.8 Å². The molecule has 0 amide bonds. The van der Waals surface area contributed by atoms with Gasteiger partial charge in [-0.3, -0.25) is 0 Å². The van der Waals surface area contributed by atoms with Gasteiger partial charge in [0.1, 0.15) is 0 Å². The third kappa shape index (κ3) is 8.03. The lowest BCUT2D eigenvalue weighted by molar-refractivity contribution is -0.152. The highest BCUT2D eigenvalue weighted by Crippen LogP contribution is 2.37. The van der Waals surface area contributed by atoms with Crippen molar-refractivity contribution in [3.05, 3.63) is 108 Å². The summed E-state index contributed by atoms with van der Waals surface area (Å²) in [5.41, 5.74) is 3.94. The fraction of sp³-hybridized carbons (Fsp3) is 0.333. The normalized spacial score (nSPS) is 13.1. The van der Waals surface area contributed by atoms with Crippen molar-refractivity contribution < 1.29 is 33.7 Å². The van der Waals surface area contributed by atoms with Crippen LogP contribution >= 0.6 is 0 Å². The van der Waals surface area contributed by atoms with Crippen molar-refractivity contribution in [3.63, 3.8) is 0 Å². The zero-order chi connectivity index (χ0) is 30.0. The van der Waals surface area contributed by atoms with Gasteiger partial charge in [0.05, 0.1) is 19.3 Å². The van der Waals surface area contributed by atoms with Gasteiger partial charge in [-0.1, -0.05) is 87.5 Å². The average molecular weight is 579 g/mol. The monoisotopic (exact) mass is 578 g/mol. The number of rotatable bonds is 12. The van der Waals surface area contributed by atoms with Crippen molar-refractivity contribution >= 4 is 24.7 Å². The van der Waals surface area contributed by atoms with Crippen molar-refractivity contribution in [2.24, 2.45) is 0 Å². The molecule has 0 saturated carbocycles. The smallest absolute Gasteiger partial charge is 0.335 e. The number of hydrogen-bond donors (Lipinski definition) is 3. The number of ether oxygens (including phenoxy) is 1. The van der Waals surface area contributed by atoms with Crippen LogP contribution in [0.3, 0.4) is 0 Å². The maximum absolute atomic E-state index is 13.8. The first-order chi connectivity index (χ1) is 19.5. The molecule has 41 heavy (non-hydrogen) atoms. The van der Waals surface area contributed by atoms with Crippen LogP contribution in [0.25, 0.3) is 0 Å². The number of aliphatic hydroxyl groups is 2. The molecule has 0 fully saturated rings. The first-order valence-corrected chi connectivity index (χ1v) is 15.6. The molecule has 0 heterocycles. The second-order valence-electron chi connectivity index (χ2n) is 10.8. The molecule has 0 aliphatic carbocycles. The Bertz CT molecular complexity index is 1310. The first-order valence-electron chi connectivity index (χ1n) is 13.7. The molecule has 3 aromatic carbocycles. The van der Waals surface area contributed by atoms with Crippen LogP contribution in [-0.4, -0.2) is 48.9 Å². The zero-order valence-electron chi connectivity index (χ0n) is 24.0. The standard InChI is InChI=1S/C33H39FO6Si/c1-5-39-32(38)31(37)21-24(13-12-18-29(35)25-19-20-30(36)28(34)22-25)23-40-41(33(2,3)4,26-14-8-6-9-15-26)27-16-10-7-11-17-27/h6-12,14-17,19-20,22,29,31,35-37H,5,18,21,23H2,1-4H3/t13?,29-,31-/m1/s1. The second kappa shape index (κ2) is 14.4. The number of phenols is 1. The van der Waals surface area contributed by atoms with E-state index in [0.29, 0.717) is 11.1 Å². The van der Waals surface area contributed by atoms with Gasteiger partial charge in [0.2, 0.25) is 0 Å². The molecule has 0 spiro atoms. The minimum atomic E-state index is -2.92. The van der Waals surface area contributed by atoms with Gasteiger partial charge < -0.3 is 24.5 Å². The summed E-state index contributed by atoms with van der Waals surface area (Å²) >= 11 is 0. The molecule has 0 aromatic heterocycles. The van der Waals surface area contributed by atoms with E-state index < -0.39 is 38.1 Å². The minimum Gasteiger partial charge on any atom is -0.505 e. The van der Waals surface area contributed by atoms with Gasteiger partial charge in [0.25, 0.3) is 8.32 Å². The lowest BCUT2D eigenvalue weighted by atomic mass is 10.1. The Morgan fingerprint density at radius 3 is 2.10 bits per heavy atom. The number of hydrogen-bond acceptors (Lipinski definition) is 6. The van der Waals surface area contributed by atoms with E-state index in [-0.39, 0.29) is 31.1 Å². The number of carbonyl (C=O) groups is 1. The van der Waals surface area contributed by atoms with Crippen LogP contribution < -0.4 is 10.4 Å². The summed E-state index contributed by atoms with van der Waals surface area (Å²) in [5.74, 6) is -2.05. The van der Waals surface area contributed by atoms with Crippen molar-refractivity contribution in [1.29, 1.82) is 0 Å². The molecule has 6 nitrogen and oxygen atoms in total. The Labute approximate surface area is 242 Å². The summed E-state index contributed by atoms with van der Waals surface area (Å²) in [6.07, 6.45) is -0.867. The highest BCUT2D eigenvalue weighted by atomic mass is 28.4. The van der Waals surface area contributed by atoms with E-state index in [1.54, 1.807) is 13.0 Å².